The van der Waals surface area contributed by atoms with Gasteiger partial charge in [0.15, 0.2) is 6.61 Å². The largest absolute Gasteiger partial charge is 0.482 e. The molecule has 0 aliphatic heterocycles. The van der Waals surface area contributed by atoms with Crippen LogP contribution >= 0.6 is 22.7 Å². The summed E-state index contributed by atoms with van der Waals surface area (Å²) in [6, 6.07) is 10.4. The molecule has 0 aliphatic rings. The molecule has 3 nitrogen and oxygen atoms in total. The van der Waals surface area contributed by atoms with Crippen LogP contribution in [0.25, 0.3) is 0 Å². The fourth-order valence-electron chi connectivity index (χ4n) is 3.09. The average Bonchev–Trinajstić information content (AvgIpc) is 3.19. The molecular weight excluding hydrogens is 364 g/mol. The smallest absolute Gasteiger partial charge is 0.341 e. The summed E-state index contributed by atoms with van der Waals surface area (Å²) in [5.41, 5.74) is 4.86. The number of hydrogen-bond donors (Lipinski definition) is 1. The number of benzene rings is 1. The van der Waals surface area contributed by atoms with Crippen molar-refractivity contribution < 1.29 is 14.6 Å². The van der Waals surface area contributed by atoms with Gasteiger partial charge < -0.3 is 9.84 Å². The van der Waals surface area contributed by atoms with Crippen molar-refractivity contribution >= 4 is 28.6 Å². The molecule has 26 heavy (non-hydrogen) atoms. The van der Waals surface area contributed by atoms with Gasteiger partial charge >= 0.3 is 5.97 Å². The molecule has 5 heteroatoms. The van der Waals surface area contributed by atoms with Crippen molar-refractivity contribution in [1.29, 1.82) is 0 Å². The Morgan fingerprint density at radius 2 is 1.77 bits per heavy atom. The Balaban J connectivity index is 1.94. The molecule has 136 valence electrons. The van der Waals surface area contributed by atoms with E-state index in [1.807, 2.05) is 24.3 Å². The number of aliphatic carboxylic acids is 1. The lowest BCUT2D eigenvalue weighted by molar-refractivity contribution is -0.139. The highest BCUT2D eigenvalue weighted by Gasteiger charge is 2.20. The van der Waals surface area contributed by atoms with Gasteiger partial charge in [-0.15, -0.1) is 22.7 Å². The number of aryl methyl sites for hydroxylation is 3. The Labute approximate surface area is 161 Å². The molecule has 0 fully saturated rings. The standard InChI is InChI=1S/C21H22O3S2/c1-13-6-8-25-19(13)11-17(21-14(2)7-9-26-21)16-4-5-18(15(3)10-16)24-12-20(22)23/h4-10,17H,11-12H2,1-3H3,(H,22,23). The molecule has 2 heterocycles. The van der Waals surface area contributed by atoms with Crippen LogP contribution in [0.1, 0.15) is 37.9 Å². The first-order chi connectivity index (χ1) is 12.5. The molecule has 0 saturated carbocycles. The Bertz CT molecular complexity index is 908. The molecule has 2 aromatic heterocycles. The van der Waals surface area contributed by atoms with E-state index in [0.29, 0.717) is 11.7 Å². The van der Waals surface area contributed by atoms with Crippen LogP contribution in [-0.2, 0) is 11.2 Å². The average molecular weight is 387 g/mol. The normalized spacial score (nSPS) is 12.1. The van der Waals surface area contributed by atoms with Crippen LogP contribution < -0.4 is 4.74 Å². The number of carboxylic acid groups (broad SMARTS) is 1. The Hall–Kier alpha value is -2.11. The van der Waals surface area contributed by atoms with Crippen molar-refractivity contribution in [1.82, 2.24) is 0 Å². The zero-order chi connectivity index (χ0) is 18.7. The monoisotopic (exact) mass is 386 g/mol. The van der Waals surface area contributed by atoms with E-state index in [2.05, 4.69) is 48.9 Å². The van der Waals surface area contributed by atoms with E-state index in [-0.39, 0.29) is 6.61 Å². The third-order valence-electron chi connectivity index (χ3n) is 4.53. The number of thiophene rings is 2. The minimum absolute atomic E-state index is 0.291. The van der Waals surface area contributed by atoms with Gasteiger partial charge in [-0.05, 0) is 78.4 Å². The maximum atomic E-state index is 10.7. The summed E-state index contributed by atoms with van der Waals surface area (Å²) < 4.78 is 5.38. The highest BCUT2D eigenvalue weighted by molar-refractivity contribution is 7.10. The second-order valence-electron chi connectivity index (χ2n) is 6.46. The third kappa shape index (κ3) is 4.17. The van der Waals surface area contributed by atoms with Gasteiger partial charge in [0.25, 0.3) is 0 Å². The zero-order valence-electron chi connectivity index (χ0n) is 15.1. The summed E-state index contributed by atoms with van der Waals surface area (Å²) in [4.78, 5) is 13.5. The van der Waals surface area contributed by atoms with Crippen molar-refractivity contribution in [3.8, 4) is 5.75 Å². The fourth-order valence-corrected chi connectivity index (χ4v) is 5.10. The van der Waals surface area contributed by atoms with Crippen LogP contribution in [0.5, 0.6) is 5.75 Å². The van der Waals surface area contributed by atoms with Crippen molar-refractivity contribution in [2.45, 2.75) is 33.1 Å². The molecule has 0 aliphatic carbocycles. The van der Waals surface area contributed by atoms with Gasteiger partial charge in [-0.3, -0.25) is 0 Å². The van der Waals surface area contributed by atoms with Gasteiger partial charge in [0.05, 0.1) is 0 Å². The second-order valence-corrected chi connectivity index (χ2v) is 8.41. The van der Waals surface area contributed by atoms with E-state index in [1.54, 1.807) is 11.3 Å². The SMILES string of the molecule is Cc1cc(C(Cc2sccc2C)c2sccc2C)ccc1OCC(=O)O. The predicted molar refractivity (Wildman–Crippen MR) is 108 cm³/mol. The summed E-state index contributed by atoms with van der Waals surface area (Å²) in [7, 11) is 0. The van der Waals surface area contributed by atoms with Crippen LogP contribution in [0, 0.1) is 20.8 Å². The first-order valence-electron chi connectivity index (χ1n) is 8.47. The molecule has 1 unspecified atom stereocenters. The van der Waals surface area contributed by atoms with E-state index in [9.17, 15) is 4.79 Å². The molecule has 1 N–H and O–H groups in total. The van der Waals surface area contributed by atoms with Gasteiger partial charge in [-0.25, -0.2) is 4.79 Å². The molecule has 0 spiro atoms. The highest BCUT2D eigenvalue weighted by atomic mass is 32.1. The zero-order valence-corrected chi connectivity index (χ0v) is 16.7. The van der Waals surface area contributed by atoms with E-state index in [4.69, 9.17) is 9.84 Å². The maximum Gasteiger partial charge on any atom is 0.341 e. The molecule has 1 aromatic carbocycles. The number of carbonyl (C=O) groups is 1. The molecule has 0 bridgehead atoms. The topological polar surface area (TPSA) is 46.5 Å². The first-order valence-corrected chi connectivity index (χ1v) is 10.2. The minimum atomic E-state index is -0.964. The van der Waals surface area contributed by atoms with Crippen LogP contribution in [-0.4, -0.2) is 17.7 Å². The number of hydrogen-bond acceptors (Lipinski definition) is 4. The quantitative estimate of drug-likeness (QED) is 0.577. The molecule has 0 radical (unpaired) electrons. The minimum Gasteiger partial charge on any atom is -0.482 e. The second kappa shape index (κ2) is 8.06. The maximum absolute atomic E-state index is 10.7. The summed E-state index contributed by atoms with van der Waals surface area (Å²) in [5, 5.41) is 13.1. The lowest BCUT2D eigenvalue weighted by Crippen LogP contribution is -2.10. The van der Waals surface area contributed by atoms with E-state index in [0.717, 1.165) is 12.0 Å². The van der Waals surface area contributed by atoms with Crippen LogP contribution in [0.2, 0.25) is 0 Å². The fraction of sp³-hybridized carbons (Fsp3) is 0.286. The summed E-state index contributed by atoms with van der Waals surface area (Å²) in [5.74, 6) is -0.0431. The molecular formula is C21H22O3S2. The van der Waals surface area contributed by atoms with Gasteiger partial charge in [0.1, 0.15) is 5.75 Å². The number of ether oxygens (including phenoxy) is 1. The van der Waals surface area contributed by atoms with Crippen LogP contribution in [0.15, 0.2) is 41.1 Å². The summed E-state index contributed by atoms with van der Waals surface area (Å²) in [6.45, 7) is 5.98. The van der Waals surface area contributed by atoms with E-state index >= 15 is 0 Å². The molecule has 3 aromatic rings. The third-order valence-corrected chi connectivity index (χ3v) is 6.71. The van der Waals surface area contributed by atoms with Gasteiger partial charge in [-0.1, -0.05) is 12.1 Å². The number of rotatable bonds is 7. The molecule has 1 atom stereocenters. The van der Waals surface area contributed by atoms with Crippen LogP contribution in [0.3, 0.4) is 0 Å². The van der Waals surface area contributed by atoms with Crippen molar-refractivity contribution in [2.75, 3.05) is 6.61 Å². The predicted octanol–water partition coefficient (Wildman–Crippen LogP) is 5.57. The van der Waals surface area contributed by atoms with Crippen LogP contribution in [0.4, 0.5) is 0 Å². The van der Waals surface area contributed by atoms with Gasteiger partial charge in [0.2, 0.25) is 0 Å². The van der Waals surface area contributed by atoms with Gasteiger partial charge in [-0.2, -0.15) is 0 Å². The summed E-state index contributed by atoms with van der Waals surface area (Å²) in [6.07, 6.45) is 0.972. The Morgan fingerprint density at radius 3 is 2.35 bits per heavy atom. The lowest BCUT2D eigenvalue weighted by Gasteiger charge is -2.19. The molecule has 3 rings (SSSR count). The van der Waals surface area contributed by atoms with Crippen molar-refractivity contribution in [2.24, 2.45) is 0 Å². The van der Waals surface area contributed by atoms with Crippen molar-refractivity contribution in [3.63, 3.8) is 0 Å². The lowest BCUT2D eigenvalue weighted by atomic mass is 9.90. The highest BCUT2D eigenvalue weighted by Crippen LogP contribution is 2.37. The van der Waals surface area contributed by atoms with Crippen molar-refractivity contribution in [3.05, 3.63) is 73.1 Å². The summed E-state index contributed by atoms with van der Waals surface area (Å²) >= 11 is 3.61. The molecule has 0 saturated heterocycles. The van der Waals surface area contributed by atoms with E-state index in [1.165, 1.54) is 26.4 Å². The Kier molecular flexibility index (Phi) is 5.79. The van der Waals surface area contributed by atoms with Gasteiger partial charge in [0, 0.05) is 15.7 Å². The molecule has 0 amide bonds. The number of carboxylic acids is 1. The first kappa shape index (κ1) is 18.7. The Morgan fingerprint density at radius 1 is 1.04 bits per heavy atom. The van der Waals surface area contributed by atoms with E-state index < -0.39 is 5.97 Å².